The Morgan fingerprint density at radius 3 is 2.58 bits per heavy atom. The molecule has 2 N–H and O–H groups in total. The number of anilines is 1. The first-order valence-electron chi connectivity index (χ1n) is 5.54. The zero-order valence-corrected chi connectivity index (χ0v) is 10.2. The lowest BCUT2D eigenvalue weighted by Gasteiger charge is -2.18. The molecular weight excluding hydrogens is 249 g/mol. The van der Waals surface area contributed by atoms with Crippen LogP contribution in [0.3, 0.4) is 0 Å². The van der Waals surface area contributed by atoms with Crippen molar-refractivity contribution in [2.24, 2.45) is 0 Å². The van der Waals surface area contributed by atoms with Crippen molar-refractivity contribution in [2.75, 3.05) is 11.9 Å². The molecule has 2 aromatic rings. The van der Waals surface area contributed by atoms with Crippen molar-refractivity contribution in [3.8, 4) is 11.5 Å². The second kappa shape index (κ2) is 4.97. The first-order valence-corrected chi connectivity index (χ1v) is 5.54. The summed E-state index contributed by atoms with van der Waals surface area (Å²) in [6.07, 6.45) is 0. The number of phenolic OH excluding ortho intramolecular Hbond substituents is 2. The lowest BCUT2D eigenvalue weighted by Crippen LogP contribution is -2.26. The molecule has 1 amide bonds. The molecular formula is C14H12FNO3. The van der Waals surface area contributed by atoms with Crippen LogP contribution in [0.2, 0.25) is 0 Å². The van der Waals surface area contributed by atoms with Gasteiger partial charge in [-0.3, -0.25) is 4.79 Å². The molecule has 2 rings (SSSR count). The van der Waals surface area contributed by atoms with Gasteiger partial charge < -0.3 is 15.1 Å². The second-order valence-corrected chi connectivity index (χ2v) is 4.05. The van der Waals surface area contributed by atoms with Gasteiger partial charge in [0, 0.05) is 18.8 Å². The van der Waals surface area contributed by atoms with Crippen LogP contribution in [-0.2, 0) is 0 Å². The lowest BCUT2D eigenvalue weighted by molar-refractivity contribution is 0.0990. The highest BCUT2D eigenvalue weighted by molar-refractivity contribution is 6.07. The van der Waals surface area contributed by atoms with E-state index in [0.717, 1.165) is 18.2 Å². The van der Waals surface area contributed by atoms with Gasteiger partial charge in [0.15, 0.2) is 0 Å². The normalized spacial score (nSPS) is 10.2. The number of carbonyl (C=O) groups excluding carboxylic acids is 1. The maximum atomic E-state index is 13.1. The molecule has 98 valence electrons. The number of benzene rings is 2. The van der Waals surface area contributed by atoms with Crippen LogP contribution in [0, 0.1) is 5.82 Å². The highest BCUT2D eigenvalue weighted by atomic mass is 19.1. The van der Waals surface area contributed by atoms with Crippen molar-refractivity contribution in [1.29, 1.82) is 0 Å². The largest absolute Gasteiger partial charge is 0.508 e. The topological polar surface area (TPSA) is 60.8 Å². The molecule has 0 heterocycles. The van der Waals surface area contributed by atoms with Crippen LogP contribution >= 0.6 is 0 Å². The average molecular weight is 261 g/mol. The standard InChI is InChI=1S/C14H12FNO3/c1-16(10-3-2-4-11(17)8-10)14(19)12-7-9(15)5-6-13(12)18/h2-8,17-18H,1H3. The zero-order valence-electron chi connectivity index (χ0n) is 10.2. The number of carbonyl (C=O) groups is 1. The summed E-state index contributed by atoms with van der Waals surface area (Å²) < 4.78 is 13.1. The monoisotopic (exact) mass is 261 g/mol. The Kier molecular flexibility index (Phi) is 3.37. The van der Waals surface area contributed by atoms with Crippen LogP contribution in [0.15, 0.2) is 42.5 Å². The molecule has 0 aliphatic carbocycles. The molecule has 0 aromatic heterocycles. The molecule has 5 heteroatoms. The van der Waals surface area contributed by atoms with Gasteiger partial charge in [0.1, 0.15) is 17.3 Å². The number of phenols is 2. The van der Waals surface area contributed by atoms with Crippen molar-refractivity contribution >= 4 is 11.6 Å². The molecule has 0 radical (unpaired) electrons. The minimum absolute atomic E-state index is 0.0145. The van der Waals surface area contributed by atoms with Gasteiger partial charge in [-0.25, -0.2) is 4.39 Å². The number of nitrogens with zero attached hydrogens (tertiary/aromatic N) is 1. The van der Waals surface area contributed by atoms with Crippen LogP contribution in [0.5, 0.6) is 11.5 Å². The first-order chi connectivity index (χ1) is 8.99. The molecule has 0 aliphatic rings. The third kappa shape index (κ3) is 2.65. The molecule has 0 aliphatic heterocycles. The van der Waals surface area contributed by atoms with E-state index in [4.69, 9.17) is 0 Å². The van der Waals surface area contributed by atoms with Crippen molar-refractivity contribution in [1.82, 2.24) is 0 Å². The molecule has 0 fully saturated rings. The first kappa shape index (κ1) is 12.9. The van der Waals surface area contributed by atoms with Gasteiger partial charge in [-0.05, 0) is 30.3 Å². The number of rotatable bonds is 2. The summed E-state index contributed by atoms with van der Waals surface area (Å²) in [5, 5.41) is 19.0. The molecule has 0 saturated carbocycles. The van der Waals surface area contributed by atoms with E-state index in [9.17, 15) is 19.4 Å². The Labute approximate surface area is 109 Å². The summed E-state index contributed by atoms with van der Waals surface area (Å²) in [5.74, 6) is -1.45. The van der Waals surface area contributed by atoms with E-state index >= 15 is 0 Å². The predicted octanol–water partition coefficient (Wildman–Crippen LogP) is 2.51. The second-order valence-electron chi connectivity index (χ2n) is 4.05. The van der Waals surface area contributed by atoms with Gasteiger partial charge in [-0.2, -0.15) is 0 Å². The summed E-state index contributed by atoms with van der Waals surface area (Å²) in [6, 6.07) is 9.24. The maximum absolute atomic E-state index is 13.1. The van der Waals surface area contributed by atoms with Crippen LogP contribution < -0.4 is 4.90 Å². The van der Waals surface area contributed by atoms with Gasteiger partial charge in [0.05, 0.1) is 5.56 Å². The van der Waals surface area contributed by atoms with E-state index < -0.39 is 11.7 Å². The lowest BCUT2D eigenvalue weighted by atomic mass is 10.1. The Morgan fingerprint density at radius 2 is 1.89 bits per heavy atom. The zero-order chi connectivity index (χ0) is 14.0. The maximum Gasteiger partial charge on any atom is 0.261 e. The number of halogens is 1. The Bertz CT molecular complexity index is 628. The molecule has 0 spiro atoms. The quantitative estimate of drug-likeness (QED) is 0.873. The molecule has 4 nitrogen and oxygen atoms in total. The Morgan fingerprint density at radius 1 is 1.16 bits per heavy atom. The fraction of sp³-hybridized carbons (Fsp3) is 0.0714. The highest BCUT2D eigenvalue weighted by Gasteiger charge is 2.18. The summed E-state index contributed by atoms with van der Waals surface area (Å²) in [7, 11) is 1.47. The average Bonchev–Trinajstić information content (AvgIpc) is 2.40. The van der Waals surface area contributed by atoms with E-state index in [-0.39, 0.29) is 17.1 Å². The minimum Gasteiger partial charge on any atom is -0.508 e. The summed E-state index contributed by atoms with van der Waals surface area (Å²) in [4.78, 5) is 13.4. The van der Waals surface area contributed by atoms with E-state index in [1.165, 1.54) is 24.1 Å². The molecule has 0 unspecified atom stereocenters. The summed E-state index contributed by atoms with van der Waals surface area (Å²) >= 11 is 0. The van der Waals surface area contributed by atoms with Crippen molar-refractivity contribution < 1.29 is 19.4 Å². The van der Waals surface area contributed by atoms with Gasteiger partial charge in [-0.15, -0.1) is 0 Å². The van der Waals surface area contributed by atoms with Gasteiger partial charge in [-0.1, -0.05) is 6.07 Å². The van der Waals surface area contributed by atoms with Crippen molar-refractivity contribution in [3.05, 3.63) is 53.8 Å². The fourth-order valence-electron chi connectivity index (χ4n) is 1.68. The SMILES string of the molecule is CN(C(=O)c1cc(F)ccc1O)c1cccc(O)c1. The van der Waals surface area contributed by atoms with Gasteiger partial charge in [0.2, 0.25) is 0 Å². The van der Waals surface area contributed by atoms with Crippen LogP contribution in [0.25, 0.3) is 0 Å². The van der Waals surface area contributed by atoms with E-state index in [1.54, 1.807) is 12.1 Å². The van der Waals surface area contributed by atoms with Crippen LogP contribution in [0.1, 0.15) is 10.4 Å². The summed E-state index contributed by atoms with van der Waals surface area (Å²) in [5.41, 5.74) is 0.305. The smallest absolute Gasteiger partial charge is 0.261 e. The van der Waals surface area contributed by atoms with Gasteiger partial charge in [0.25, 0.3) is 5.91 Å². The third-order valence-electron chi connectivity index (χ3n) is 2.71. The third-order valence-corrected chi connectivity index (χ3v) is 2.71. The number of hydrogen-bond acceptors (Lipinski definition) is 3. The number of hydrogen-bond donors (Lipinski definition) is 2. The molecule has 0 saturated heterocycles. The van der Waals surface area contributed by atoms with Crippen molar-refractivity contribution in [3.63, 3.8) is 0 Å². The molecule has 0 bridgehead atoms. The highest BCUT2D eigenvalue weighted by Crippen LogP contribution is 2.24. The molecule has 19 heavy (non-hydrogen) atoms. The van der Waals surface area contributed by atoms with E-state index in [0.29, 0.717) is 5.69 Å². The molecule has 0 atom stereocenters. The Hall–Kier alpha value is -2.56. The molecule has 2 aromatic carbocycles. The van der Waals surface area contributed by atoms with Crippen molar-refractivity contribution in [2.45, 2.75) is 0 Å². The van der Waals surface area contributed by atoms with E-state index in [1.807, 2.05) is 0 Å². The van der Waals surface area contributed by atoms with Crippen LogP contribution in [-0.4, -0.2) is 23.2 Å². The van der Waals surface area contributed by atoms with Crippen LogP contribution in [0.4, 0.5) is 10.1 Å². The Balaban J connectivity index is 2.36. The van der Waals surface area contributed by atoms with E-state index in [2.05, 4.69) is 0 Å². The van der Waals surface area contributed by atoms with Gasteiger partial charge >= 0.3 is 0 Å². The summed E-state index contributed by atoms with van der Waals surface area (Å²) in [6.45, 7) is 0. The number of aromatic hydroxyl groups is 2. The predicted molar refractivity (Wildman–Crippen MR) is 68.9 cm³/mol. The number of amides is 1. The fourth-order valence-corrected chi connectivity index (χ4v) is 1.68. The minimum atomic E-state index is -0.606.